The molecule has 0 atom stereocenters. The SMILES string of the molecule is c1ccc(-c2ccc(N(c3ccc(-c4ccccc4)cc3)c3ccc(-c4ccc5c6c(n(-c7ccccc7)c5c4)N(c4ccccc4)c4ccccc4N6c4ccccc4)cc3)cc2)cc1. The molecule has 312 valence electrons. The fourth-order valence-corrected chi connectivity index (χ4v) is 9.58. The molecule has 0 unspecified atom stereocenters. The van der Waals surface area contributed by atoms with Crippen LogP contribution in [0, 0.1) is 0 Å². The number of para-hydroxylation sites is 5. The van der Waals surface area contributed by atoms with Gasteiger partial charge in [-0.15, -0.1) is 0 Å². The highest BCUT2D eigenvalue weighted by Gasteiger charge is 2.36. The van der Waals surface area contributed by atoms with Crippen LogP contribution < -0.4 is 14.7 Å². The normalized spacial score (nSPS) is 11.9. The van der Waals surface area contributed by atoms with E-state index in [0.717, 1.165) is 79.0 Å². The Labute approximate surface area is 385 Å². The molecule has 2 heterocycles. The van der Waals surface area contributed by atoms with E-state index in [4.69, 9.17) is 0 Å². The fraction of sp³-hybridized carbons (Fsp3) is 0. The molecule has 1 aromatic heterocycles. The van der Waals surface area contributed by atoms with Gasteiger partial charge in [0.1, 0.15) is 5.82 Å². The van der Waals surface area contributed by atoms with Crippen molar-refractivity contribution in [1.82, 2.24) is 4.57 Å². The molecule has 4 heteroatoms. The number of aromatic nitrogens is 1. The van der Waals surface area contributed by atoms with E-state index in [1.54, 1.807) is 0 Å². The molecule has 0 saturated heterocycles. The van der Waals surface area contributed by atoms with Gasteiger partial charge in [-0.05, 0) is 130 Å². The molecule has 0 bridgehead atoms. The third kappa shape index (κ3) is 6.89. The number of rotatable bonds is 9. The second-order valence-electron chi connectivity index (χ2n) is 16.6. The van der Waals surface area contributed by atoms with E-state index < -0.39 is 0 Å². The molecule has 66 heavy (non-hydrogen) atoms. The van der Waals surface area contributed by atoms with Gasteiger partial charge in [0.15, 0.2) is 0 Å². The molecular formula is C62H44N4. The van der Waals surface area contributed by atoms with E-state index in [1.165, 1.54) is 22.3 Å². The summed E-state index contributed by atoms with van der Waals surface area (Å²) in [5.41, 5.74) is 18.1. The predicted octanol–water partition coefficient (Wildman–Crippen LogP) is 17.4. The fourth-order valence-electron chi connectivity index (χ4n) is 9.58. The van der Waals surface area contributed by atoms with Gasteiger partial charge in [-0.1, -0.05) is 170 Å². The minimum Gasteiger partial charge on any atom is -0.311 e. The van der Waals surface area contributed by atoms with E-state index in [9.17, 15) is 0 Å². The van der Waals surface area contributed by atoms with Crippen LogP contribution >= 0.6 is 0 Å². The summed E-state index contributed by atoms with van der Waals surface area (Å²) < 4.78 is 2.45. The molecule has 1 aliphatic rings. The standard InChI is InChI=1S/C62H44N4/c1-6-18-45(19-7-1)47-30-37-54(38-31-47)63(55-39-32-48(33-40-55)46-20-8-2-9-21-46)56-41-34-49(35-42-56)50-36-43-57-60(44-50)66(53-26-14-5-15-27-53)62-61(57)64(51-22-10-3-11-23-51)58-28-16-17-29-59(58)65(62)52-24-12-4-13-25-52/h1-44H. The minimum atomic E-state index is 1.08. The van der Waals surface area contributed by atoms with Gasteiger partial charge in [-0.25, -0.2) is 0 Å². The largest absolute Gasteiger partial charge is 0.311 e. The maximum atomic E-state index is 2.45. The zero-order valence-corrected chi connectivity index (χ0v) is 36.2. The molecule has 11 aromatic rings. The third-order valence-corrected chi connectivity index (χ3v) is 12.7. The molecule has 0 spiro atoms. The van der Waals surface area contributed by atoms with Gasteiger partial charge < -0.3 is 9.80 Å². The van der Waals surface area contributed by atoms with Crippen molar-refractivity contribution in [3.05, 3.63) is 267 Å². The number of nitrogens with zero attached hydrogens (tertiary/aromatic N) is 4. The Kier molecular flexibility index (Phi) is 9.81. The first-order chi connectivity index (χ1) is 32.8. The van der Waals surface area contributed by atoms with Gasteiger partial charge in [-0.2, -0.15) is 0 Å². The number of hydrogen-bond donors (Lipinski definition) is 0. The van der Waals surface area contributed by atoms with Crippen LogP contribution in [0.2, 0.25) is 0 Å². The topological polar surface area (TPSA) is 14.7 Å². The smallest absolute Gasteiger partial charge is 0.148 e. The van der Waals surface area contributed by atoms with Gasteiger partial charge in [0.2, 0.25) is 0 Å². The van der Waals surface area contributed by atoms with E-state index in [-0.39, 0.29) is 0 Å². The highest BCUT2D eigenvalue weighted by Crippen LogP contribution is 2.58. The minimum absolute atomic E-state index is 1.08. The average Bonchev–Trinajstić information content (AvgIpc) is 3.73. The number of fused-ring (bicyclic) bond motifs is 4. The van der Waals surface area contributed by atoms with Crippen LogP contribution in [0.1, 0.15) is 0 Å². The first-order valence-electron chi connectivity index (χ1n) is 22.5. The molecule has 0 N–H and O–H groups in total. The lowest BCUT2D eigenvalue weighted by atomic mass is 10.0. The monoisotopic (exact) mass is 844 g/mol. The maximum absolute atomic E-state index is 2.45. The van der Waals surface area contributed by atoms with Crippen molar-refractivity contribution < 1.29 is 0 Å². The van der Waals surface area contributed by atoms with Crippen LogP contribution in [0.4, 0.5) is 51.3 Å². The van der Waals surface area contributed by atoms with Crippen LogP contribution in [0.25, 0.3) is 50.0 Å². The van der Waals surface area contributed by atoms with Crippen molar-refractivity contribution in [2.45, 2.75) is 0 Å². The third-order valence-electron chi connectivity index (χ3n) is 12.7. The summed E-state index contributed by atoms with van der Waals surface area (Å²) in [6, 6.07) is 96.0. The molecule has 0 saturated carbocycles. The Morgan fingerprint density at radius 3 is 1.09 bits per heavy atom. The zero-order valence-electron chi connectivity index (χ0n) is 36.2. The van der Waals surface area contributed by atoms with Crippen LogP contribution in [-0.4, -0.2) is 4.57 Å². The van der Waals surface area contributed by atoms with Gasteiger partial charge in [0.05, 0.1) is 22.6 Å². The number of anilines is 9. The summed E-state index contributed by atoms with van der Waals surface area (Å²) in [4.78, 5) is 7.21. The highest BCUT2D eigenvalue weighted by molar-refractivity contribution is 6.13. The Morgan fingerprint density at radius 2 is 0.621 bits per heavy atom. The summed E-state index contributed by atoms with van der Waals surface area (Å²) in [5.74, 6) is 1.09. The predicted molar refractivity (Wildman–Crippen MR) is 277 cm³/mol. The van der Waals surface area contributed by atoms with Gasteiger partial charge >= 0.3 is 0 Å². The first kappa shape index (κ1) is 38.8. The zero-order chi connectivity index (χ0) is 43.8. The lowest BCUT2D eigenvalue weighted by molar-refractivity contribution is 1.05. The van der Waals surface area contributed by atoms with E-state index >= 15 is 0 Å². The van der Waals surface area contributed by atoms with Crippen molar-refractivity contribution in [2.75, 3.05) is 14.7 Å². The van der Waals surface area contributed by atoms with Gasteiger partial charge in [-0.3, -0.25) is 9.47 Å². The Balaban J connectivity index is 1.00. The van der Waals surface area contributed by atoms with Gasteiger partial charge in [0, 0.05) is 39.5 Å². The maximum Gasteiger partial charge on any atom is 0.148 e. The molecule has 10 aromatic carbocycles. The molecule has 0 radical (unpaired) electrons. The molecule has 0 aliphatic carbocycles. The van der Waals surface area contributed by atoms with Crippen molar-refractivity contribution >= 4 is 62.2 Å². The average molecular weight is 845 g/mol. The van der Waals surface area contributed by atoms with E-state index in [2.05, 4.69) is 286 Å². The van der Waals surface area contributed by atoms with Crippen molar-refractivity contribution in [3.8, 4) is 39.1 Å². The second kappa shape index (κ2) is 16.7. The van der Waals surface area contributed by atoms with Gasteiger partial charge in [0.25, 0.3) is 0 Å². The molecule has 0 amide bonds. The molecule has 4 nitrogen and oxygen atoms in total. The Hall–Kier alpha value is -8.86. The quantitative estimate of drug-likeness (QED) is 0.144. The number of hydrogen-bond acceptors (Lipinski definition) is 3. The molecular weight excluding hydrogens is 801 g/mol. The lowest BCUT2D eigenvalue weighted by Crippen LogP contribution is -2.25. The summed E-state index contributed by atoms with van der Waals surface area (Å²) in [5, 5.41) is 1.16. The van der Waals surface area contributed by atoms with Crippen molar-refractivity contribution in [3.63, 3.8) is 0 Å². The van der Waals surface area contributed by atoms with Crippen LogP contribution in [0.5, 0.6) is 0 Å². The molecule has 1 aliphatic heterocycles. The lowest BCUT2D eigenvalue weighted by Gasteiger charge is -2.39. The number of benzene rings is 10. The molecule has 12 rings (SSSR count). The summed E-state index contributed by atoms with van der Waals surface area (Å²) >= 11 is 0. The van der Waals surface area contributed by atoms with Crippen LogP contribution in [0.15, 0.2) is 267 Å². The van der Waals surface area contributed by atoms with Crippen molar-refractivity contribution in [1.29, 1.82) is 0 Å². The van der Waals surface area contributed by atoms with E-state index in [1.807, 2.05) is 0 Å². The second-order valence-corrected chi connectivity index (χ2v) is 16.6. The van der Waals surface area contributed by atoms with E-state index in [0.29, 0.717) is 0 Å². The highest BCUT2D eigenvalue weighted by atomic mass is 15.3. The Morgan fingerprint density at radius 1 is 0.273 bits per heavy atom. The Bertz CT molecular complexity index is 3340. The van der Waals surface area contributed by atoms with Crippen LogP contribution in [-0.2, 0) is 0 Å². The molecule has 0 fully saturated rings. The van der Waals surface area contributed by atoms with Crippen molar-refractivity contribution in [2.24, 2.45) is 0 Å². The summed E-state index contributed by atoms with van der Waals surface area (Å²) in [6.07, 6.45) is 0. The summed E-state index contributed by atoms with van der Waals surface area (Å²) in [7, 11) is 0. The van der Waals surface area contributed by atoms with Crippen LogP contribution in [0.3, 0.4) is 0 Å². The first-order valence-corrected chi connectivity index (χ1v) is 22.5. The summed E-state index contributed by atoms with van der Waals surface area (Å²) in [6.45, 7) is 0.